The maximum Gasteiger partial charge on any atom is 0.303 e. The molecule has 1 amide bonds. The molecule has 44 heavy (non-hydrogen) atoms. The van der Waals surface area contributed by atoms with Crippen molar-refractivity contribution in [3.8, 4) is 17.2 Å². The number of rotatable bonds is 10. The van der Waals surface area contributed by atoms with Crippen molar-refractivity contribution in [2.75, 3.05) is 24.4 Å². The molecule has 0 spiro atoms. The zero-order chi connectivity index (χ0) is 31.4. The number of anilines is 2. The van der Waals surface area contributed by atoms with Gasteiger partial charge in [-0.05, 0) is 61.6 Å². The first-order chi connectivity index (χ1) is 21.2. The van der Waals surface area contributed by atoms with Crippen LogP contribution in [0.3, 0.4) is 0 Å². The lowest BCUT2D eigenvalue weighted by atomic mass is 9.78. The molecule has 1 aliphatic carbocycles. The second-order valence-electron chi connectivity index (χ2n) is 11.1. The average molecular weight is 599 g/mol. The Bertz CT molecular complexity index is 1600. The molecule has 2 N–H and O–H groups in total. The van der Waals surface area contributed by atoms with Gasteiger partial charge in [0.1, 0.15) is 5.75 Å². The maximum atomic E-state index is 14.4. The van der Waals surface area contributed by atoms with E-state index in [1.807, 2.05) is 80.6 Å². The molecule has 0 saturated carbocycles. The van der Waals surface area contributed by atoms with E-state index < -0.39 is 17.9 Å². The van der Waals surface area contributed by atoms with E-state index in [0.29, 0.717) is 51.9 Å². The van der Waals surface area contributed by atoms with Crippen LogP contribution in [-0.2, 0) is 14.4 Å². The lowest BCUT2D eigenvalue weighted by Crippen LogP contribution is -2.39. The van der Waals surface area contributed by atoms with Crippen molar-refractivity contribution in [1.29, 1.82) is 0 Å². The van der Waals surface area contributed by atoms with Crippen LogP contribution in [0.1, 0.15) is 69.0 Å². The monoisotopic (exact) mass is 598 g/mol. The topological polar surface area (TPSA) is 114 Å². The minimum Gasteiger partial charge on any atom is -0.493 e. The fraction of sp³-hybridized carbons (Fsp3) is 0.343. The Balaban J connectivity index is 1.69. The number of methoxy groups -OCH3 is 2. The number of nitrogens with one attached hydrogen (secondary N) is 1. The first-order valence-corrected chi connectivity index (χ1v) is 14.9. The summed E-state index contributed by atoms with van der Waals surface area (Å²) in [6.07, 6.45) is 0.837. The first-order valence-electron chi connectivity index (χ1n) is 14.9. The average Bonchev–Trinajstić information content (AvgIpc) is 3.18. The third kappa shape index (κ3) is 6.13. The second kappa shape index (κ2) is 13.2. The van der Waals surface area contributed by atoms with Gasteiger partial charge in [-0.25, -0.2) is 0 Å². The maximum absolute atomic E-state index is 14.4. The zero-order valence-electron chi connectivity index (χ0n) is 25.5. The molecule has 9 heteroatoms. The molecule has 1 aliphatic heterocycles. The molecular weight excluding hydrogens is 560 g/mol. The van der Waals surface area contributed by atoms with Gasteiger partial charge in [-0.3, -0.25) is 19.3 Å². The SMILES string of the molecule is CC[C@H](C)Oc1ccccc1[C@@H]1C2=C(C[C@@H](c3ccc(OC)c(OC)c3)CC2=O)Nc2ccccc2N1C(=O)CCC(=O)O. The molecule has 230 valence electrons. The van der Waals surface area contributed by atoms with Gasteiger partial charge in [0.25, 0.3) is 0 Å². The van der Waals surface area contributed by atoms with Crippen molar-refractivity contribution < 1.29 is 33.7 Å². The number of amides is 1. The molecular formula is C35H38N2O7. The fourth-order valence-electron chi connectivity index (χ4n) is 5.95. The van der Waals surface area contributed by atoms with Crippen molar-refractivity contribution in [1.82, 2.24) is 0 Å². The second-order valence-corrected chi connectivity index (χ2v) is 11.1. The largest absolute Gasteiger partial charge is 0.493 e. The summed E-state index contributed by atoms with van der Waals surface area (Å²) in [5.41, 5.74) is 4.02. The summed E-state index contributed by atoms with van der Waals surface area (Å²) >= 11 is 0. The van der Waals surface area contributed by atoms with E-state index in [0.717, 1.165) is 12.0 Å². The Labute approximate surface area is 257 Å². The minimum absolute atomic E-state index is 0.103. The highest BCUT2D eigenvalue weighted by molar-refractivity contribution is 6.07. The van der Waals surface area contributed by atoms with E-state index in [1.165, 1.54) is 0 Å². The van der Waals surface area contributed by atoms with Crippen LogP contribution in [-0.4, -0.2) is 43.1 Å². The number of allylic oxidation sites excluding steroid dienone is 1. The lowest BCUT2D eigenvalue weighted by Gasteiger charge is -2.36. The number of Topliss-reactive ketones (excluding diaryl/α,β-unsaturated/α-hetero) is 1. The molecule has 0 radical (unpaired) electrons. The smallest absolute Gasteiger partial charge is 0.303 e. The van der Waals surface area contributed by atoms with Gasteiger partial charge in [-0.1, -0.05) is 43.3 Å². The van der Waals surface area contributed by atoms with Crippen molar-refractivity contribution in [2.24, 2.45) is 0 Å². The van der Waals surface area contributed by atoms with E-state index >= 15 is 0 Å². The van der Waals surface area contributed by atoms with Crippen LogP contribution in [0.5, 0.6) is 17.2 Å². The highest BCUT2D eigenvalue weighted by atomic mass is 16.5. The Hall–Kier alpha value is -4.79. The number of benzene rings is 3. The van der Waals surface area contributed by atoms with Gasteiger partial charge in [-0.15, -0.1) is 0 Å². The summed E-state index contributed by atoms with van der Waals surface area (Å²) in [7, 11) is 3.16. The lowest BCUT2D eigenvalue weighted by molar-refractivity contribution is -0.138. The Morgan fingerprint density at radius 3 is 2.41 bits per heavy atom. The molecule has 3 atom stereocenters. The van der Waals surface area contributed by atoms with Gasteiger partial charge in [0.15, 0.2) is 17.3 Å². The summed E-state index contributed by atoms with van der Waals surface area (Å²) < 4.78 is 17.3. The van der Waals surface area contributed by atoms with Gasteiger partial charge in [0, 0.05) is 29.7 Å². The number of nitrogens with zero attached hydrogens (tertiary/aromatic N) is 1. The molecule has 1 heterocycles. The molecule has 0 aromatic heterocycles. The predicted molar refractivity (Wildman–Crippen MR) is 168 cm³/mol. The van der Waals surface area contributed by atoms with Crippen molar-refractivity contribution in [3.63, 3.8) is 0 Å². The number of ether oxygens (including phenoxy) is 3. The van der Waals surface area contributed by atoms with Crippen LogP contribution in [0.25, 0.3) is 0 Å². The quantitative estimate of drug-likeness (QED) is 0.267. The number of hydrogen-bond donors (Lipinski definition) is 2. The summed E-state index contributed by atoms with van der Waals surface area (Å²) in [6.45, 7) is 4.00. The fourth-order valence-corrected chi connectivity index (χ4v) is 5.95. The predicted octanol–water partition coefficient (Wildman–Crippen LogP) is 6.65. The Morgan fingerprint density at radius 1 is 0.955 bits per heavy atom. The van der Waals surface area contributed by atoms with Gasteiger partial charge in [0.05, 0.1) is 44.2 Å². The third-order valence-electron chi connectivity index (χ3n) is 8.31. The molecule has 2 aliphatic rings. The van der Waals surface area contributed by atoms with Crippen LogP contribution < -0.4 is 24.4 Å². The molecule has 3 aromatic rings. The van der Waals surface area contributed by atoms with Crippen LogP contribution in [0.15, 0.2) is 78.0 Å². The molecule has 3 aromatic carbocycles. The summed E-state index contributed by atoms with van der Waals surface area (Å²) in [5, 5.41) is 12.9. The van der Waals surface area contributed by atoms with Crippen LogP contribution >= 0.6 is 0 Å². The highest BCUT2D eigenvalue weighted by Crippen LogP contribution is 2.49. The summed E-state index contributed by atoms with van der Waals surface area (Å²) in [4.78, 5) is 41.5. The number of carbonyl (C=O) groups is 3. The normalized spacial score (nSPS) is 18.4. The Kier molecular flexibility index (Phi) is 9.23. The first kappa shape index (κ1) is 30.7. The number of carboxylic acids is 1. The number of carbonyl (C=O) groups excluding carboxylic acids is 2. The third-order valence-corrected chi connectivity index (χ3v) is 8.31. The van der Waals surface area contributed by atoms with Crippen molar-refractivity contribution in [3.05, 3.63) is 89.1 Å². The standard InChI is InChI=1S/C35H38N2O7/c1-5-21(2)44-29-13-9-6-10-24(29)35-34-26(18-23(19-28(34)38)22-14-15-30(42-3)31(20-22)43-4)36-25-11-7-8-12-27(25)37(35)32(39)16-17-33(40)41/h6-15,20-21,23,35-36H,5,16-19H2,1-4H3,(H,40,41)/t21-,23+,35+/m0/s1. The number of hydrogen-bond acceptors (Lipinski definition) is 7. The van der Waals surface area contributed by atoms with Gasteiger partial charge in [0.2, 0.25) is 5.91 Å². The van der Waals surface area contributed by atoms with E-state index in [9.17, 15) is 19.5 Å². The van der Waals surface area contributed by atoms with E-state index in [1.54, 1.807) is 19.1 Å². The molecule has 0 saturated heterocycles. The van der Waals surface area contributed by atoms with Crippen LogP contribution in [0, 0.1) is 0 Å². The number of para-hydroxylation sites is 3. The Morgan fingerprint density at radius 2 is 1.68 bits per heavy atom. The van der Waals surface area contributed by atoms with Gasteiger partial charge in [-0.2, -0.15) is 0 Å². The zero-order valence-corrected chi connectivity index (χ0v) is 25.5. The highest BCUT2D eigenvalue weighted by Gasteiger charge is 2.42. The number of ketones is 1. The van der Waals surface area contributed by atoms with E-state index in [4.69, 9.17) is 14.2 Å². The molecule has 9 nitrogen and oxygen atoms in total. The molecule has 0 bridgehead atoms. The van der Waals surface area contributed by atoms with Gasteiger partial charge < -0.3 is 24.6 Å². The van der Waals surface area contributed by atoms with Gasteiger partial charge >= 0.3 is 5.97 Å². The van der Waals surface area contributed by atoms with Crippen molar-refractivity contribution >= 4 is 29.0 Å². The summed E-state index contributed by atoms with van der Waals surface area (Å²) in [6, 6.07) is 19.7. The van der Waals surface area contributed by atoms with E-state index in [-0.39, 0.29) is 37.1 Å². The van der Waals surface area contributed by atoms with Crippen LogP contribution in [0.2, 0.25) is 0 Å². The number of carboxylic acid groups (broad SMARTS) is 1. The molecule has 0 unspecified atom stereocenters. The van der Waals surface area contributed by atoms with E-state index in [2.05, 4.69) is 5.32 Å². The molecule has 0 fully saturated rings. The van der Waals surface area contributed by atoms with Crippen LogP contribution in [0.4, 0.5) is 11.4 Å². The number of aliphatic carboxylic acids is 1. The van der Waals surface area contributed by atoms with Crippen molar-refractivity contribution in [2.45, 2.75) is 64.0 Å². The minimum atomic E-state index is -1.07. The molecule has 5 rings (SSSR count). The summed E-state index contributed by atoms with van der Waals surface area (Å²) in [5.74, 6) is 0.0439. The number of fused-ring (bicyclic) bond motifs is 1.